The van der Waals surface area contributed by atoms with E-state index in [1.54, 1.807) is 0 Å². The molecule has 4 rings (SSSR count). The van der Waals surface area contributed by atoms with Crippen LogP contribution in [0.3, 0.4) is 0 Å². The van der Waals surface area contributed by atoms with Crippen LogP contribution in [-0.2, 0) is 16.1 Å². The van der Waals surface area contributed by atoms with E-state index in [4.69, 9.17) is 10.00 Å². The average molecular weight is 283 g/mol. The summed E-state index contributed by atoms with van der Waals surface area (Å²) < 4.78 is 5.98. The largest absolute Gasteiger partial charge is 0.352 e. The summed E-state index contributed by atoms with van der Waals surface area (Å²) in [6, 6.07) is 10.0. The number of hydrogen-bond donors (Lipinski definition) is 0. The van der Waals surface area contributed by atoms with Gasteiger partial charge in [-0.3, -0.25) is 9.69 Å². The van der Waals surface area contributed by atoms with Crippen molar-refractivity contribution in [2.24, 2.45) is 0 Å². The van der Waals surface area contributed by atoms with Crippen molar-refractivity contribution in [2.45, 2.75) is 31.2 Å². The van der Waals surface area contributed by atoms with Crippen LogP contribution in [0.4, 0.5) is 0 Å². The van der Waals surface area contributed by atoms with Crippen LogP contribution in [-0.4, -0.2) is 47.2 Å². The number of carbonyl (C=O) groups is 1. The molecule has 2 atom stereocenters. The fourth-order valence-corrected chi connectivity index (χ4v) is 4.04. The maximum absolute atomic E-state index is 12.1. The van der Waals surface area contributed by atoms with Gasteiger partial charge in [0.25, 0.3) is 0 Å². The van der Waals surface area contributed by atoms with Crippen LogP contribution in [0.5, 0.6) is 0 Å². The van der Waals surface area contributed by atoms with Crippen molar-refractivity contribution < 1.29 is 9.53 Å². The minimum absolute atomic E-state index is 0.151. The molecule has 0 radical (unpaired) electrons. The summed E-state index contributed by atoms with van der Waals surface area (Å²) in [5.74, 6) is 0.216. The zero-order chi connectivity index (χ0) is 14.4. The molecule has 108 valence electrons. The van der Waals surface area contributed by atoms with Crippen LogP contribution in [0.2, 0.25) is 0 Å². The Morgan fingerprint density at radius 2 is 2.33 bits per heavy atom. The molecule has 0 bridgehead atoms. The number of hydrogen-bond acceptors (Lipinski definition) is 4. The Balaban J connectivity index is 1.58. The number of amides is 1. The molecule has 3 saturated heterocycles. The number of carbonyl (C=O) groups excluding carboxylic acids is 1. The quantitative estimate of drug-likeness (QED) is 0.815. The lowest BCUT2D eigenvalue weighted by atomic mass is 10.1. The molecule has 21 heavy (non-hydrogen) atoms. The minimum atomic E-state index is -0.371. The molecule has 0 aliphatic carbocycles. The highest BCUT2D eigenvalue weighted by molar-refractivity contribution is 5.81. The van der Waals surface area contributed by atoms with Gasteiger partial charge in [0.1, 0.15) is 0 Å². The molecule has 0 unspecified atom stereocenters. The summed E-state index contributed by atoms with van der Waals surface area (Å²) in [7, 11) is 0. The zero-order valence-electron chi connectivity index (χ0n) is 11.8. The van der Waals surface area contributed by atoms with Gasteiger partial charge >= 0.3 is 0 Å². The monoisotopic (exact) mass is 283 g/mol. The van der Waals surface area contributed by atoms with Gasteiger partial charge in [0.2, 0.25) is 5.91 Å². The molecule has 1 aromatic carbocycles. The van der Waals surface area contributed by atoms with Crippen molar-refractivity contribution in [3.8, 4) is 6.07 Å². The molecule has 1 aromatic rings. The number of likely N-dealkylation sites (tertiary alicyclic amines) is 1. The van der Waals surface area contributed by atoms with Crippen molar-refractivity contribution in [1.82, 2.24) is 9.80 Å². The maximum atomic E-state index is 12.1. The van der Waals surface area contributed by atoms with Crippen molar-refractivity contribution in [1.29, 1.82) is 5.26 Å². The van der Waals surface area contributed by atoms with Crippen LogP contribution < -0.4 is 0 Å². The zero-order valence-corrected chi connectivity index (χ0v) is 11.8. The fourth-order valence-electron chi connectivity index (χ4n) is 4.04. The van der Waals surface area contributed by atoms with E-state index >= 15 is 0 Å². The molecule has 3 heterocycles. The summed E-state index contributed by atoms with van der Waals surface area (Å²) in [6.07, 6.45) is 1.44. The van der Waals surface area contributed by atoms with Crippen LogP contribution in [0.25, 0.3) is 0 Å². The second-order valence-electron chi connectivity index (χ2n) is 5.99. The summed E-state index contributed by atoms with van der Waals surface area (Å²) in [5.41, 5.74) is 1.43. The van der Waals surface area contributed by atoms with Gasteiger partial charge in [-0.25, -0.2) is 0 Å². The second kappa shape index (κ2) is 4.55. The lowest BCUT2D eigenvalue weighted by molar-refractivity contribution is -0.136. The predicted octanol–water partition coefficient (Wildman–Crippen LogP) is 1.09. The summed E-state index contributed by atoms with van der Waals surface area (Å²) in [4.78, 5) is 16.4. The maximum Gasteiger partial charge on any atom is 0.226 e. The average Bonchev–Trinajstić information content (AvgIpc) is 3.13. The van der Waals surface area contributed by atoms with Crippen LogP contribution in [0.15, 0.2) is 24.3 Å². The Hall–Kier alpha value is -1.90. The third-order valence-electron chi connectivity index (χ3n) is 4.95. The predicted molar refractivity (Wildman–Crippen MR) is 75.0 cm³/mol. The smallest absolute Gasteiger partial charge is 0.226 e. The molecule has 1 spiro atoms. The fraction of sp³-hybridized carbons (Fsp3) is 0.500. The highest BCUT2D eigenvalue weighted by Crippen LogP contribution is 2.45. The van der Waals surface area contributed by atoms with Gasteiger partial charge in [-0.15, -0.1) is 0 Å². The van der Waals surface area contributed by atoms with Crippen molar-refractivity contribution in [3.05, 3.63) is 35.4 Å². The number of rotatable bonds is 2. The third-order valence-corrected chi connectivity index (χ3v) is 4.95. The molecule has 3 aliphatic rings. The van der Waals surface area contributed by atoms with Crippen molar-refractivity contribution >= 4 is 5.91 Å². The second-order valence-corrected chi connectivity index (χ2v) is 5.99. The standard InChI is InChI=1S/C16H17N3O2/c17-10-12-2-1-3-13(8-12)11-18-5-4-16-14(18)9-15(20)19(16)6-7-21-16/h1-3,8,14H,4-7,9,11H2/t14-,16+/m1/s1. The van der Waals surface area contributed by atoms with E-state index in [0.29, 0.717) is 18.6 Å². The molecule has 1 amide bonds. The van der Waals surface area contributed by atoms with E-state index in [2.05, 4.69) is 11.0 Å². The molecular weight excluding hydrogens is 266 g/mol. The Morgan fingerprint density at radius 3 is 3.19 bits per heavy atom. The van der Waals surface area contributed by atoms with Crippen LogP contribution in [0, 0.1) is 11.3 Å². The molecule has 5 heteroatoms. The first-order valence-corrected chi connectivity index (χ1v) is 7.40. The summed E-state index contributed by atoms with van der Waals surface area (Å²) in [6.45, 7) is 3.09. The first-order chi connectivity index (χ1) is 10.2. The van der Waals surface area contributed by atoms with Gasteiger partial charge in [-0.1, -0.05) is 12.1 Å². The molecule has 0 saturated carbocycles. The Kier molecular flexibility index (Phi) is 2.78. The van der Waals surface area contributed by atoms with Crippen LogP contribution in [0.1, 0.15) is 24.0 Å². The van der Waals surface area contributed by atoms with Gasteiger partial charge in [-0.2, -0.15) is 5.26 Å². The summed E-state index contributed by atoms with van der Waals surface area (Å²) in [5, 5.41) is 8.99. The normalized spacial score (nSPS) is 31.3. The third kappa shape index (κ3) is 1.80. The number of benzene rings is 1. The Morgan fingerprint density at radius 1 is 1.43 bits per heavy atom. The lowest BCUT2D eigenvalue weighted by Gasteiger charge is -2.31. The van der Waals surface area contributed by atoms with Crippen molar-refractivity contribution in [3.63, 3.8) is 0 Å². The number of ether oxygens (including phenoxy) is 1. The number of nitriles is 1. The lowest BCUT2D eigenvalue weighted by Crippen LogP contribution is -2.47. The van der Waals surface area contributed by atoms with E-state index in [0.717, 1.165) is 31.6 Å². The number of nitrogens with zero attached hydrogens (tertiary/aromatic N) is 3. The van der Waals surface area contributed by atoms with Gasteiger partial charge in [-0.05, 0) is 17.7 Å². The minimum Gasteiger partial charge on any atom is -0.352 e. The van der Waals surface area contributed by atoms with E-state index < -0.39 is 0 Å². The van der Waals surface area contributed by atoms with E-state index in [9.17, 15) is 4.79 Å². The molecular formula is C16H17N3O2. The van der Waals surface area contributed by atoms with Gasteiger partial charge < -0.3 is 9.64 Å². The van der Waals surface area contributed by atoms with E-state index in [-0.39, 0.29) is 17.7 Å². The first-order valence-electron chi connectivity index (χ1n) is 7.40. The molecule has 3 aliphatic heterocycles. The van der Waals surface area contributed by atoms with Gasteiger partial charge in [0.15, 0.2) is 5.72 Å². The molecule has 5 nitrogen and oxygen atoms in total. The molecule has 0 aromatic heterocycles. The first kappa shape index (κ1) is 12.8. The topological polar surface area (TPSA) is 56.6 Å². The van der Waals surface area contributed by atoms with Crippen LogP contribution >= 0.6 is 0 Å². The highest BCUT2D eigenvalue weighted by Gasteiger charge is 2.61. The van der Waals surface area contributed by atoms with Crippen molar-refractivity contribution in [2.75, 3.05) is 19.7 Å². The van der Waals surface area contributed by atoms with E-state index in [1.807, 2.05) is 29.2 Å². The Bertz CT molecular complexity index is 639. The SMILES string of the molecule is N#Cc1cccc(CN2CC[C@@]34OCCN3C(=O)C[C@@H]24)c1. The Labute approximate surface area is 123 Å². The van der Waals surface area contributed by atoms with E-state index in [1.165, 1.54) is 0 Å². The summed E-state index contributed by atoms with van der Waals surface area (Å²) >= 11 is 0. The van der Waals surface area contributed by atoms with Gasteiger partial charge in [0.05, 0.1) is 24.3 Å². The molecule has 3 fully saturated rings. The van der Waals surface area contributed by atoms with Gasteiger partial charge in [0, 0.05) is 32.5 Å². The highest BCUT2D eigenvalue weighted by atomic mass is 16.5. The molecule has 0 N–H and O–H groups in total.